The summed E-state index contributed by atoms with van der Waals surface area (Å²) in [6.07, 6.45) is 5.63. The van der Waals surface area contributed by atoms with Gasteiger partial charge in [0.2, 0.25) is 5.91 Å². The number of fused-ring (bicyclic) bond motifs is 1. The highest BCUT2D eigenvalue weighted by molar-refractivity contribution is 7.18. The lowest BCUT2D eigenvalue weighted by Crippen LogP contribution is -2.41. The van der Waals surface area contributed by atoms with E-state index in [-0.39, 0.29) is 18.4 Å². The van der Waals surface area contributed by atoms with E-state index >= 15 is 0 Å². The highest BCUT2D eigenvalue weighted by Crippen LogP contribution is 2.30. The average molecular weight is 332 g/mol. The molecule has 0 aliphatic heterocycles. The second-order valence-corrected chi connectivity index (χ2v) is 7.82. The third-order valence-electron chi connectivity index (χ3n) is 4.50. The van der Waals surface area contributed by atoms with E-state index in [2.05, 4.69) is 16.4 Å². The monoisotopic (exact) mass is 332 g/mol. The van der Waals surface area contributed by atoms with Crippen LogP contribution in [0.15, 0.2) is 24.3 Å². The molecule has 23 heavy (non-hydrogen) atoms. The fraction of sp³-hybridized carbons (Fsp3) is 0.556. The van der Waals surface area contributed by atoms with Gasteiger partial charge in [0.25, 0.3) is 0 Å². The topological polar surface area (TPSA) is 62.2 Å². The predicted molar refractivity (Wildman–Crippen MR) is 93.6 cm³/mol. The Kier molecular flexibility index (Phi) is 4.97. The van der Waals surface area contributed by atoms with Crippen molar-refractivity contribution in [2.75, 3.05) is 0 Å². The Labute approximate surface area is 140 Å². The maximum absolute atomic E-state index is 12.2. The second-order valence-electron chi connectivity index (χ2n) is 6.71. The van der Waals surface area contributed by atoms with Gasteiger partial charge in [0.15, 0.2) is 0 Å². The molecule has 0 bridgehead atoms. The molecule has 1 atom stereocenters. The standard InChI is InChI=1S/C18H24N2O2S/c1-13(11-17-20-14-7-3-4-8-15(14)23-17)19-16(21)12-18(22)9-5-2-6-10-18/h3-4,7-8,13,22H,2,5-6,9-12H2,1H3,(H,19,21). The van der Waals surface area contributed by atoms with Gasteiger partial charge in [0.05, 0.1) is 27.2 Å². The van der Waals surface area contributed by atoms with E-state index in [1.807, 2.05) is 25.1 Å². The summed E-state index contributed by atoms with van der Waals surface area (Å²) in [6, 6.07) is 8.10. The van der Waals surface area contributed by atoms with Crippen LogP contribution in [-0.2, 0) is 11.2 Å². The lowest BCUT2D eigenvalue weighted by Gasteiger charge is -2.31. The van der Waals surface area contributed by atoms with Gasteiger partial charge < -0.3 is 10.4 Å². The van der Waals surface area contributed by atoms with Crippen molar-refractivity contribution in [1.82, 2.24) is 10.3 Å². The normalized spacial score (nSPS) is 18.7. The first kappa shape index (κ1) is 16.4. The molecule has 0 saturated heterocycles. The van der Waals surface area contributed by atoms with E-state index in [1.165, 1.54) is 4.70 Å². The Bertz CT molecular complexity index is 643. The summed E-state index contributed by atoms with van der Waals surface area (Å²) in [7, 11) is 0. The smallest absolute Gasteiger partial charge is 0.223 e. The summed E-state index contributed by atoms with van der Waals surface area (Å²) in [5.41, 5.74) is 0.223. The quantitative estimate of drug-likeness (QED) is 0.882. The number of nitrogens with one attached hydrogen (secondary N) is 1. The molecular weight excluding hydrogens is 308 g/mol. The minimum absolute atomic E-state index is 0.0234. The Morgan fingerprint density at radius 3 is 2.83 bits per heavy atom. The predicted octanol–water partition coefficient (Wildman–Crippen LogP) is 3.43. The highest BCUT2D eigenvalue weighted by Gasteiger charge is 2.31. The van der Waals surface area contributed by atoms with Gasteiger partial charge in [-0.1, -0.05) is 31.4 Å². The lowest BCUT2D eigenvalue weighted by atomic mass is 9.82. The van der Waals surface area contributed by atoms with Gasteiger partial charge in [-0.2, -0.15) is 0 Å². The summed E-state index contributed by atoms with van der Waals surface area (Å²) >= 11 is 1.68. The molecular formula is C18H24N2O2S. The van der Waals surface area contributed by atoms with Crippen molar-refractivity contribution >= 4 is 27.5 Å². The molecule has 0 radical (unpaired) electrons. The summed E-state index contributed by atoms with van der Waals surface area (Å²) in [5, 5.41) is 14.5. The van der Waals surface area contributed by atoms with Gasteiger partial charge in [-0.15, -0.1) is 11.3 Å². The Morgan fingerprint density at radius 1 is 1.35 bits per heavy atom. The first-order chi connectivity index (χ1) is 11.0. The van der Waals surface area contributed by atoms with Gasteiger partial charge in [-0.25, -0.2) is 4.98 Å². The molecule has 1 aliphatic rings. The Morgan fingerprint density at radius 2 is 2.09 bits per heavy atom. The van der Waals surface area contributed by atoms with Crippen LogP contribution in [0.5, 0.6) is 0 Å². The first-order valence-electron chi connectivity index (χ1n) is 8.40. The summed E-state index contributed by atoms with van der Waals surface area (Å²) in [4.78, 5) is 16.8. The van der Waals surface area contributed by atoms with Gasteiger partial charge in [0.1, 0.15) is 0 Å². The number of amides is 1. The molecule has 1 aromatic heterocycles. The highest BCUT2D eigenvalue weighted by atomic mass is 32.1. The Balaban J connectivity index is 1.54. The SMILES string of the molecule is CC(Cc1nc2ccccc2s1)NC(=O)CC1(O)CCCCC1. The summed E-state index contributed by atoms with van der Waals surface area (Å²) < 4.78 is 1.18. The average Bonchev–Trinajstić information content (AvgIpc) is 2.88. The number of benzene rings is 1. The zero-order valence-electron chi connectivity index (χ0n) is 13.5. The fourth-order valence-corrected chi connectivity index (χ4v) is 4.43. The minimum atomic E-state index is -0.794. The third kappa shape index (κ3) is 4.30. The number of nitrogens with zero attached hydrogens (tertiary/aromatic N) is 1. The van der Waals surface area contributed by atoms with E-state index < -0.39 is 5.60 Å². The molecule has 3 rings (SSSR count). The van der Waals surface area contributed by atoms with Gasteiger partial charge in [0, 0.05) is 12.5 Å². The van der Waals surface area contributed by atoms with Crippen LogP contribution in [0, 0.1) is 0 Å². The van der Waals surface area contributed by atoms with E-state index in [4.69, 9.17) is 0 Å². The molecule has 1 saturated carbocycles. The molecule has 1 fully saturated rings. The van der Waals surface area contributed by atoms with Gasteiger partial charge in [-0.05, 0) is 31.9 Å². The molecule has 4 nitrogen and oxygen atoms in total. The van der Waals surface area contributed by atoms with Crippen molar-refractivity contribution in [1.29, 1.82) is 0 Å². The molecule has 124 valence electrons. The molecule has 1 aliphatic carbocycles. The largest absolute Gasteiger partial charge is 0.389 e. The van der Waals surface area contributed by atoms with Crippen molar-refractivity contribution in [2.24, 2.45) is 0 Å². The van der Waals surface area contributed by atoms with Crippen LogP contribution in [0.4, 0.5) is 0 Å². The maximum atomic E-state index is 12.2. The molecule has 1 heterocycles. The molecule has 1 aromatic carbocycles. The number of hydrogen-bond donors (Lipinski definition) is 2. The van der Waals surface area contributed by atoms with Gasteiger partial charge in [-0.3, -0.25) is 4.79 Å². The van der Waals surface area contributed by atoms with E-state index in [0.29, 0.717) is 0 Å². The number of aliphatic hydroxyl groups is 1. The lowest BCUT2D eigenvalue weighted by molar-refractivity contribution is -0.128. The Hall–Kier alpha value is -1.46. The molecule has 5 heteroatoms. The third-order valence-corrected chi connectivity index (χ3v) is 5.56. The molecule has 2 aromatic rings. The van der Waals surface area contributed by atoms with Crippen molar-refractivity contribution < 1.29 is 9.90 Å². The van der Waals surface area contributed by atoms with Crippen molar-refractivity contribution in [3.8, 4) is 0 Å². The number of rotatable bonds is 5. The summed E-state index contributed by atoms with van der Waals surface area (Å²) in [6.45, 7) is 1.99. The van der Waals surface area contributed by atoms with Crippen molar-refractivity contribution in [3.05, 3.63) is 29.3 Å². The molecule has 0 spiro atoms. The van der Waals surface area contributed by atoms with E-state index in [1.54, 1.807) is 11.3 Å². The van der Waals surface area contributed by atoms with Crippen molar-refractivity contribution in [2.45, 2.75) is 63.5 Å². The minimum Gasteiger partial charge on any atom is -0.389 e. The first-order valence-corrected chi connectivity index (χ1v) is 9.22. The second kappa shape index (κ2) is 6.97. The zero-order valence-corrected chi connectivity index (χ0v) is 14.4. The van der Waals surface area contributed by atoms with Gasteiger partial charge >= 0.3 is 0 Å². The van der Waals surface area contributed by atoms with Crippen LogP contribution in [0.2, 0.25) is 0 Å². The molecule has 2 N–H and O–H groups in total. The van der Waals surface area contributed by atoms with E-state index in [9.17, 15) is 9.90 Å². The number of hydrogen-bond acceptors (Lipinski definition) is 4. The van der Waals surface area contributed by atoms with Crippen LogP contribution in [0.1, 0.15) is 50.5 Å². The molecule has 1 amide bonds. The maximum Gasteiger partial charge on any atom is 0.223 e. The number of aromatic nitrogens is 1. The van der Waals surface area contributed by atoms with Crippen LogP contribution < -0.4 is 5.32 Å². The number of carbonyl (C=O) groups is 1. The van der Waals surface area contributed by atoms with Crippen LogP contribution in [-0.4, -0.2) is 27.6 Å². The zero-order chi connectivity index (χ0) is 16.3. The number of thiazole rings is 1. The number of para-hydroxylation sites is 1. The molecule has 1 unspecified atom stereocenters. The van der Waals surface area contributed by atoms with Crippen LogP contribution in [0.25, 0.3) is 10.2 Å². The fourth-order valence-electron chi connectivity index (χ4n) is 3.33. The van der Waals surface area contributed by atoms with Crippen LogP contribution in [0.3, 0.4) is 0 Å². The van der Waals surface area contributed by atoms with E-state index in [0.717, 1.165) is 49.0 Å². The van der Waals surface area contributed by atoms with Crippen LogP contribution >= 0.6 is 11.3 Å². The summed E-state index contributed by atoms with van der Waals surface area (Å²) in [5.74, 6) is -0.0528. The number of carbonyl (C=O) groups excluding carboxylic acids is 1. The van der Waals surface area contributed by atoms with Crippen molar-refractivity contribution in [3.63, 3.8) is 0 Å².